The molecule has 140 valence electrons. The van der Waals surface area contributed by atoms with E-state index in [0.29, 0.717) is 6.42 Å². The van der Waals surface area contributed by atoms with E-state index < -0.39 is 31.2 Å². The summed E-state index contributed by atoms with van der Waals surface area (Å²) in [7, 11) is -5.74. The van der Waals surface area contributed by atoms with Gasteiger partial charge in [-0.1, -0.05) is 19.8 Å². The van der Waals surface area contributed by atoms with Crippen molar-refractivity contribution in [3.8, 4) is 0 Å². The molecule has 1 aliphatic rings. The van der Waals surface area contributed by atoms with Crippen LogP contribution < -0.4 is 0 Å². The largest absolute Gasteiger partial charge is 0.436 e. The molecule has 8 heteroatoms. The third kappa shape index (κ3) is 7.73. The molecule has 1 fully saturated rings. The highest BCUT2D eigenvalue weighted by Gasteiger charge is 2.44. The van der Waals surface area contributed by atoms with Crippen LogP contribution in [0.3, 0.4) is 0 Å². The third-order valence-electron chi connectivity index (χ3n) is 3.69. The third-order valence-corrected chi connectivity index (χ3v) is 13.9. The van der Waals surface area contributed by atoms with Gasteiger partial charge in [0.15, 0.2) is 16.6 Å². The first kappa shape index (κ1) is 21.8. The van der Waals surface area contributed by atoms with Crippen LogP contribution in [0, 0.1) is 5.92 Å². The van der Waals surface area contributed by atoms with Crippen molar-refractivity contribution >= 4 is 37.1 Å². The molecular weight excluding hydrogens is 356 g/mol. The summed E-state index contributed by atoms with van der Waals surface area (Å²) >= 11 is 0. The van der Waals surface area contributed by atoms with Gasteiger partial charge in [-0.15, -0.1) is 0 Å². The van der Waals surface area contributed by atoms with Crippen molar-refractivity contribution in [3.63, 3.8) is 0 Å². The maximum Gasteiger partial charge on any atom is 0.317 e. The van der Waals surface area contributed by atoms with E-state index in [-0.39, 0.29) is 18.3 Å². The summed E-state index contributed by atoms with van der Waals surface area (Å²) in [5.74, 6) is -1.02. The zero-order valence-corrected chi connectivity index (χ0v) is 19.4. The molecule has 1 aliphatic heterocycles. The van der Waals surface area contributed by atoms with Gasteiger partial charge in [0.05, 0.1) is 12.3 Å². The quantitative estimate of drug-likeness (QED) is 0.314. The normalized spacial score (nSPS) is 19.7. The highest BCUT2D eigenvalue weighted by molar-refractivity contribution is 6.88. The van der Waals surface area contributed by atoms with E-state index in [4.69, 9.17) is 8.23 Å². The van der Waals surface area contributed by atoms with Crippen molar-refractivity contribution in [1.82, 2.24) is 0 Å². The number of hydrogen-bond donors (Lipinski definition) is 0. The second kappa shape index (κ2) is 8.39. The van der Waals surface area contributed by atoms with Gasteiger partial charge in [0.2, 0.25) is 0 Å². The van der Waals surface area contributed by atoms with Crippen molar-refractivity contribution in [2.24, 2.45) is 5.92 Å². The van der Waals surface area contributed by atoms with Gasteiger partial charge in [0.25, 0.3) is 0 Å². The van der Waals surface area contributed by atoms with Gasteiger partial charge in [0, 0.05) is 0 Å². The second-order valence-corrected chi connectivity index (χ2v) is 21.6. The highest BCUT2D eigenvalue weighted by Crippen LogP contribution is 2.32. The summed E-state index contributed by atoms with van der Waals surface area (Å²) in [6.07, 6.45) is 2.82. The molecule has 5 nitrogen and oxygen atoms in total. The molecule has 1 heterocycles. The molecule has 1 unspecified atom stereocenters. The van der Waals surface area contributed by atoms with Gasteiger partial charge in [-0.05, 0) is 57.8 Å². The molecule has 1 rings (SSSR count). The van der Waals surface area contributed by atoms with Crippen LogP contribution in [0.2, 0.25) is 51.4 Å². The molecule has 1 saturated heterocycles. The Balaban J connectivity index is 2.79. The van der Waals surface area contributed by atoms with Crippen molar-refractivity contribution < 1.29 is 22.6 Å². The Kier molecular flexibility index (Phi) is 7.61. The summed E-state index contributed by atoms with van der Waals surface area (Å²) in [6, 6.07) is 1.89. The molecule has 0 bridgehead atoms. The smallest absolute Gasteiger partial charge is 0.317 e. The predicted molar refractivity (Wildman–Crippen MR) is 103 cm³/mol. The van der Waals surface area contributed by atoms with Gasteiger partial charge in [-0.3, -0.25) is 9.59 Å². The molecule has 24 heavy (non-hydrogen) atoms. The predicted octanol–water partition coefficient (Wildman–Crippen LogP) is 4.41. The average molecular weight is 391 g/mol. The number of cyclic esters (lactones) is 2. The number of ether oxygens (including phenoxy) is 1. The maximum atomic E-state index is 11.6. The molecule has 0 aromatic carbocycles. The Labute approximate surface area is 150 Å². The van der Waals surface area contributed by atoms with E-state index in [9.17, 15) is 9.59 Å². The molecule has 0 aliphatic carbocycles. The molecule has 0 aromatic heterocycles. The number of esters is 2. The molecule has 0 radical (unpaired) electrons. The Morgan fingerprint density at radius 1 is 1.00 bits per heavy atom. The van der Waals surface area contributed by atoms with Crippen LogP contribution in [0.1, 0.15) is 32.6 Å². The second-order valence-electron chi connectivity index (χ2n) is 8.68. The van der Waals surface area contributed by atoms with Crippen molar-refractivity contribution in [2.45, 2.75) is 84.0 Å². The van der Waals surface area contributed by atoms with E-state index in [2.05, 4.69) is 50.9 Å². The minimum atomic E-state index is -2.29. The molecule has 1 atom stereocenters. The fourth-order valence-corrected chi connectivity index (χ4v) is 16.1. The summed E-state index contributed by atoms with van der Waals surface area (Å²) in [5, 5.41) is 0. The standard InChI is InChI=1S/C16H34O5Si3/c1-8-11-24(20-22(2,3)4,21-23(5,6)7)12-9-10-14-13-15(17)19-16(14)18/h14H,8-13H2,1-7H3. The lowest BCUT2D eigenvalue weighted by Gasteiger charge is -2.41. The SMILES string of the molecule is CCC[Si](CCCC1CC(=O)OC1=O)(O[Si](C)(C)C)O[Si](C)(C)C. The van der Waals surface area contributed by atoms with E-state index in [1.54, 1.807) is 0 Å². The number of hydrogen-bond acceptors (Lipinski definition) is 5. The topological polar surface area (TPSA) is 61.8 Å². The van der Waals surface area contributed by atoms with Crippen LogP contribution in [-0.4, -0.2) is 37.1 Å². The van der Waals surface area contributed by atoms with Crippen LogP contribution >= 0.6 is 0 Å². The van der Waals surface area contributed by atoms with Gasteiger partial charge in [0.1, 0.15) is 0 Å². The summed E-state index contributed by atoms with van der Waals surface area (Å²) < 4.78 is 18.0. The summed E-state index contributed by atoms with van der Waals surface area (Å²) in [5.41, 5.74) is 0. The summed E-state index contributed by atoms with van der Waals surface area (Å²) in [6.45, 7) is 15.5. The lowest BCUT2D eigenvalue weighted by atomic mass is 10.0. The minimum absolute atomic E-state index is 0.227. The van der Waals surface area contributed by atoms with Crippen LogP contribution in [0.4, 0.5) is 0 Å². The number of carbonyl (C=O) groups excluding carboxylic acids is 2. The first-order chi connectivity index (χ1) is 10.9. The molecule has 0 aromatic rings. The lowest BCUT2D eigenvalue weighted by molar-refractivity contribution is -0.153. The lowest BCUT2D eigenvalue weighted by Crippen LogP contribution is -2.54. The summed E-state index contributed by atoms with van der Waals surface area (Å²) in [4.78, 5) is 22.9. The first-order valence-electron chi connectivity index (χ1n) is 9.01. The van der Waals surface area contributed by atoms with Gasteiger partial charge < -0.3 is 13.0 Å². The van der Waals surface area contributed by atoms with Crippen molar-refractivity contribution in [2.75, 3.05) is 0 Å². The monoisotopic (exact) mass is 390 g/mol. The maximum absolute atomic E-state index is 11.6. The zero-order valence-electron chi connectivity index (χ0n) is 16.4. The number of carbonyl (C=O) groups is 2. The minimum Gasteiger partial charge on any atom is -0.436 e. The molecular formula is C16H34O5Si3. The van der Waals surface area contributed by atoms with Gasteiger partial charge in [-0.25, -0.2) is 0 Å². The van der Waals surface area contributed by atoms with Crippen molar-refractivity contribution in [1.29, 1.82) is 0 Å². The fraction of sp³-hybridized carbons (Fsp3) is 0.875. The van der Waals surface area contributed by atoms with E-state index in [1.165, 1.54) is 0 Å². The Hall–Kier alpha value is -0.289. The molecule has 0 N–H and O–H groups in total. The van der Waals surface area contributed by atoms with E-state index in [0.717, 1.165) is 24.9 Å². The molecule has 0 amide bonds. The molecule has 0 spiro atoms. The van der Waals surface area contributed by atoms with Crippen LogP contribution in [0.25, 0.3) is 0 Å². The number of rotatable bonds is 10. The van der Waals surface area contributed by atoms with Crippen LogP contribution in [-0.2, 0) is 22.6 Å². The Morgan fingerprint density at radius 2 is 1.54 bits per heavy atom. The fourth-order valence-electron chi connectivity index (χ4n) is 3.21. The Morgan fingerprint density at radius 3 is 1.92 bits per heavy atom. The highest BCUT2D eigenvalue weighted by atomic mass is 28.5. The van der Waals surface area contributed by atoms with E-state index in [1.807, 2.05) is 0 Å². The average Bonchev–Trinajstić information content (AvgIpc) is 2.63. The van der Waals surface area contributed by atoms with Gasteiger partial charge >= 0.3 is 20.5 Å². The van der Waals surface area contributed by atoms with E-state index >= 15 is 0 Å². The van der Waals surface area contributed by atoms with Gasteiger partial charge in [-0.2, -0.15) is 0 Å². The molecule has 0 saturated carbocycles. The first-order valence-corrected chi connectivity index (χ1v) is 18.1. The Bertz CT molecular complexity index is 438. The van der Waals surface area contributed by atoms with Crippen molar-refractivity contribution in [3.05, 3.63) is 0 Å². The van der Waals surface area contributed by atoms with Crippen LogP contribution in [0.5, 0.6) is 0 Å². The zero-order chi connectivity index (χ0) is 18.6. The van der Waals surface area contributed by atoms with Crippen LogP contribution in [0.15, 0.2) is 0 Å².